The second kappa shape index (κ2) is 9.79. The SMILES string of the molecule is CCCC[C@H](NC(=O)CCNC(=O)N1CCc2ccccc2C1)C(=O)O. The summed E-state index contributed by atoms with van der Waals surface area (Å²) in [7, 11) is 0. The Hall–Kier alpha value is -2.57. The zero-order valence-corrected chi connectivity index (χ0v) is 15.2. The topological polar surface area (TPSA) is 98.7 Å². The van der Waals surface area contributed by atoms with E-state index in [1.807, 2.05) is 25.1 Å². The number of fused-ring (bicyclic) bond motifs is 1. The molecule has 0 saturated heterocycles. The van der Waals surface area contributed by atoms with Crippen molar-refractivity contribution in [3.8, 4) is 0 Å². The van der Waals surface area contributed by atoms with Crippen molar-refractivity contribution in [2.75, 3.05) is 13.1 Å². The van der Waals surface area contributed by atoms with Crippen LogP contribution < -0.4 is 10.6 Å². The van der Waals surface area contributed by atoms with Gasteiger partial charge in [-0.25, -0.2) is 9.59 Å². The van der Waals surface area contributed by atoms with Crippen molar-refractivity contribution in [3.05, 3.63) is 35.4 Å². The van der Waals surface area contributed by atoms with Gasteiger partial charge in [0.05, 0.1) is 0 Å². The summed E-state index contributed by atoms with van der Waals surface area (Å²) in [5.41, 5.74) is 2.41. The predicted octanol–water partition coefficient (Wildman–Crippen LogP) is 1.90. The molecule has 0 aromatic heterocycles. The first-order chi connectivity index (χ1) is 12.5. The highest BCUT2D eigenvalue weighted by Crippen LogP contribution is 2.18. The molecular weight excluding hydrogens is 334 g/mol. The van der Waals surface area contributed by atoms with Crippen LogP contribution in [0.5, 0.6) is 0 Å². The third-order valence-corrected chi connectivity index (χ3v) is 4.53. The molecule has 0 bridgehead atoms. The summed E-state index contributed by atoms with van der Waals surface area (Å²) in [4.78, 5) is 37.0. The smallest absolute Gasteiger partial charge is 0.326 e. The van der Waals surface area contributed by atoms with E-state index in [4.69, 9.17) is 5.11 Å². The van der Waals surface area contributed by atoms with Crippen LogP contribution in [0.25, 0.3) is 0 Å². The molecular formula is C19H27N3O4. The number of carboxylic acid groups (broad SMARTS) is 1. The molecule has 2 rings (SSSR count). The summed E-state index contributed by atoms with van der Waals surface area (Å²) in [6.45, 7) is 3.36. The molecule has 1 atom stereocenters. The Morgan fingerprint density at radius 1 is 1.23 bits per heavy atom. The average molecular weight is 361 g/mol. The summed E-state index contributed by atoms with van der Waals surface area (Å²) < 4.78 is 0. The van der Waals surface area contributed by atoms with Gasteiger partial charge >= 0.3 is 12.0 Å². The van der Waals surface area contributed by atoms with Gasteiger partial charge in [0.15, 0.2) is 0 Å². The largest absolute Gasteiger partial charge is 0.480 e. The molecule has 0 aliphatic carbocycles. The van der Waals surface area contributed by atoms with Crippen molar-refractivity contribution in [2.45, 2.75) is 51.6 Å². The second-order valence-corrected chi connectivity index (χ2v) is 6.52. The Balaban J connectivity index is 1.72. The molecule has 0 saturated carbocycles. The lowest BCUT2D eigenvalue weighted by Crippen LogP contribution is -2.45. The van der Waals surface area contributed by atoms with Gasteiger partial charge in [0.25, 0.3) is 0 Å². The molecule has 3 N–H and O–H groups in total. The van der Waals surface area contributed by atoms with E-state index in [1.165, 1.54) is 5.56 Å². The zero-order valence-electron chi connectivity index (χ0n) is 15.2. The van der Waals surface area contributed by atoms with Crippen LogP contribution in [0, 0.1) is 0 Å². The number of hydrogen-bond donors (Lipinski definition) is 3. The number of urea groups is 1. The first-order valence-electron chi connectivity index (χ1n) is 9.13. The standard InChI is InChI=1S/C19H27N3O4/c1-2-3-8-16(18(24)25)21-17(23)9-11-20-19(26)22-12-10-14-6-4-5-7-15(14)13-22/h4-7,16H,2-3,8-13H2,1H3,(H,20,26)(H,21,23)(H,24,25)/t16-/m0/s1. The Morgan fingerprint density at radius 2 is 1.96 bits per heavy atom. The monoisotopic (exact) mass is 361 g/mol. The molecule has 0 radical (unpaired) electrons. The van der Waals surface area contributed by atoms with Gasteiger partial charge < -0.3 is 20.6 Å². The molecule has 142 valence electrons. The minimum Gasteiger partial charge on any atom is -0.480 e. The minimum atomic E-state index is -1.03. The summed E-state index contributed by atoms with van der Waals surface area (Å²) in [5.74, 6) is -1.39. The maximum absolute atomic E-state index is 12.3. The van der Waals surface area contributed by atoms with Gasteiger partial charge in [-0.05, 0) is 24.0 Å². The number of carboxylic acids is 1. The fourth-order valence-electron chi connectivity index (χ4n) is 3.00. The molecule has 26 heavy (non-hydrogen) atoms. The zero-order chi connectivity index (χ0) is 18.9. The van der Waals surface area contributed by atoms with Crippen LogP contribution in [0.3, 0.4) is 0 Å². The van der Waals surface area contributed by atoms with Gasteiger partial charge in [0.2, 0.25) is 5.91 Å². The van der Waals surface area contributed by atoms with Crippen molar-refractivity contribution in [1.29, 1.82) is 0 Å². The van der Waals surface area contributed by atoms with E-state index in [0.717, 1.165) is 24.8 Å². The number of rotatable bonds is 8. The Morgan fingerprint density at radius 3 is 2.65 bits per heavy atom. The van der Waals surface area contributed by atoms with Crippen molar-refractivity contribution in [1.82, 2.24) is 15.5 Å². The van der Waals surface area contributed by atoms with Crippen LogP contribution >= 0.6 is 0 Å². The summed E-state index contributed by atoms with van der Waals surface area (Å²) in [6, 6.07) is 6.99. The van der Waals surface area contributed by atoms with Gasteiger partial charge in [-0.15, -0.1) is 0 Å². The number of unbranched alkanes of at least 4 members (excludes halogenated alkanes) is 1. The van der Waals surface area contributed by atoms with E-state index in [1.54, 1.807) is 4.90 Å². The highest BCUT2D eigenvalue weighted by molar-refractivity contribution is 5.84. The maximum Gasteiger partial charge on any atom is 0.326 e. The number of amides is 3. The van der Waals surface area contributed by atoms with Crippen LogP contribution in [0.2, 0.25) is 0 Å². The fraction of sp³-hybridized carbons (Fsp3) is 0.526. The Labute approximate surface area is 153 Å². The van der Waals surface area contributed by atoms with Gasteiger partial charge in [0.1, 0.15) is 6.04 Å². The Bertz CT molecular complexity index is 647. The molecule has 7 heteroatoms. The molecule has 3 amide bonds. The van der Waals surface area contributed by atoms with Gasteiger partial charge in [-0.1, -0.05) is 44.0 Å². The number of aliphatic carboxylic acids is 1. The fourth-order valence-corrected chi connectivity index (χ4v) is 3.00. The Kier molecular flexibility index (Phi) is 7.44. The van der Waals surface area contributed by atoms with E-state index in [2.05, 4.69) is 16.7 Å². The van der Waals surface area contributed by atoms with Crippen LogP contribution in [-0.2, 0) is 22.6 Å². The maximum atomic E-state index is 12.3. The van der Waals surface area contributed by atoms with Gasteiger partial charge in [-0.2, -0.15) is 0 Å². The predicted molar refractivity (Wildman–Crippen MR) is 97.7 cm³/mol. The number of nitrogens with zero attached hydrogens (tertiary/aromatic N) is 1. The number of benzene rings is 1. The first kappa shape index (κ1) is 19.8. The third kappa shape index (κ3) is 5.75. The highest BCUT2D eigenvalue weighted by atomic mass is 16.4. The van der Waals surface area contributed by atoms with Crippen LogP contribution in [0.1, 0.15) is 43.7 Å². The molecule has 0 unspecified atom stereocenters. The van der Waals surface area contributed by atoms with Crippen molar-refractivity contribution < 1.29 is 19.5 Å². The molecule has 1 aliphatic heterocycles. The number of carbonyl (C=O) groups excluding carboxylic acids is 2. The summed E-state index contributed by atoms with van der Waals surface area (Å²) >= 11 is 0. The van der Waals surface area contributed by atoms with E-state index in [0.29, 0.717) is 19.5 Å². The number of carbonyl (C=O) groups is 3. The average Bonchev–Trinajstić information content (AvgIpc) is 2.64. The van der Waals surface area contributed by atoms with Gasteiger partial charge in [0, 0.05) is 26.1 Å². The molecule has 0 spiro atoms. The lowest BCUT2D eigenvalue weighted by atomic mass is 10.0. The van der Waals surface area contributed by atoms with Gasteiger partial charge in [-0.3, -0.25) is 4.79 Å². The molecule has 1 aliphatic rings. The third-order valence-electron chi connectivity index (χ3n) is 4.53. The first-order valence-corrected chi connectivity index (χ1v) is 9.13. The molecule has 1 aromatic rings. The van der Waals surface area contributed by atoms with E-state index < -0.39 is 12.0 Å². The highest BCUT2D eigenvalue weighted by Gasteiger charge is 2.21. The van der Waals surface area contributed by atoms with Crippen LogP contribution in [-0.4, -0.2) is 47.0 Å². The molecule has 1 aromatic carbocycles. The number of hydrogen-bond acceptors (Lipinski definition) is 3. The van der Waals surface area contributed by atoms with E-state index in [-0.39, 0.29) is 24.9 Å². The van der Waals surface area contributed by atoms with Crippen molar-refractivity contribution in [3.63, 3.8) is 0 Å². The summed E-state index contributed by atoms with van der Waals surface area (Å²) in [6.07, 6.45) is 2.91. The quantitative estimate of drug-likeness (QED) is 0.658. The normalized spacial score (nSPS) is 14.3. The molecule has 1 heterocycles. The minimum absolute atomic E-state index is 0.0616. The van der Waals surface area contributed by atoms with Crippen LogP contribution in [0.4, 0.5) is 4.79 Å². The lowest BCUT2D eigenvalue weighted by molar-refractivity contribution is -0.142. The van der Waals surface area contributed by atoms with Crippen molar-refractivity contribution in [2.24, 2.45) is 0 Å². The van der Waals surface area contributed by atoms with E-state index in [9.17, 15) is 14.4 Å². The summed E-state index contributed by atoms with van der Waals surface area (Å²) in [5, 5.41) is 14.4. The van der Waals surface area contributed by atoms with Crippen LogP contribution in [0.15, 0.2) is 24.3 Å². The van der Waals surface area contributed by atoms with Crippen molar-refractivity contribution >= 4 is 17.9 Å². The van der Waals surface area contributed by atoms with E-state index >= 15 is 0 Å². The molecule has 7 nitrogen and oxygen atoms in total. The lowest BCUT2D eigenvalue weighted by Gasteiger charge is -2.29. The number of nitrogens with one attached hydrogen (secondary N) is 2. The second-order valence-electron chi connectivity index (χ2n) is 6.52. The molecule has 0 fully saturated rings.